The fourth-order valence-electron chi connectivity index (χ4n) is 1.78. The maximum absolute atomic E-state index is 11.7. The Bertz CT molecular complexity index is 196. The van der Waals surface area contributed by atoms with Gasteiger partial charge in [0.2, 0.25) is 5.91 Å². The lowest BCUT2D eigenvalue weighted by Crippen LogP contribution is -2.47. The summed E-state index contributed by atoms with van der Waals surface area (Å²) in [7, 11) is 0. The third kappa shape index (κ3) is 2.99. The summed E-state index contributed by atoms with van der Waals surface area (Å²) < 4.78 is 0. The van der Waals surface area contributed by atoms with Crippen molar-refractivity contribution in [2.75, 3.05) is 0 Å². The van der Waals surface area contributed by atoms with E-state index in [1.54, 1.807) is 0 Å². The summed E-state index contributed by atoms with van der Waals surface area (Å²) >= 11 is 0. The monoisotopic (exact) mass is 184 g/mol. The predicted octanol–water partition coefficient (Wildman–Crippen LogP) is 1.03. The van der Waals surface area contributed by atoms with E-state index in [1.807, 2.05) is 20.8 Å². The van der Waals surface area contributed by atoms with Crippen molar-refractivity contribution in [3.8, 4) is 0 Å². The minimum absolute atomic E-state index is 0.0409. The van der Waals surface area contributed by atoms with Gasteiger partial charge in [0.05, 0.1) is 5.92 Å². The van der Waals surface area contributed by atoms with Crippen LogP contribution in [0.2, 0.25) is 0 Å². The van der Waals surface area contributed by atoms with Crippen LogP contribution in [0.5, 0.6) is 0 Å². The zero-order valence-corrected chi connectivity index (χ0v) is 8.76. The van der Waals surface area contributed by atoms with Gasteiger partial charge in [-0.3, -0.25) is 4.79 Å². The van der Waals surface area contributed by atoms with E-state index in [0.29, 0.717) is 0 Å². The lowest BCUT2D eigenvalue weighted by molar-refractivity contribution is -0.126. The summed E-state index contributed by atoms with van der Waals surface area (Å²) in [5.41, 5.74) is 5.70. The summed E-state index contributed by atoms with van der Waals surface area (Å²) in [5, 5.41) is 2.97. The molecule has 3 N–H and O–H groups in total. The first-order valence-corrected chi connectivity index (χ1v) is 4.98. The Morgan fingerprint density at radius 1 is 1.38 bits per heavy atom. The molecule has 0 aliphatic heterocycles. The Morgan fingerprint density at radius 2 is 2.00 bits per heavy atom. The normalized spacial score (nSPS) is 28.9. The molecule has 2 atom stereocenters. The summed E-state index contributed by atoms with van der Waals surface area (Å²) in [6.07, 6.45) is 3.02. The Balaban J connectivity index is 2.48. The lowest BCUT2D eigenvalue weighted by Gasteiger charge is -2.24. The lowest BCUT2D eigenvalue weighted by atomic mass is 10.0. The Hall–Kier alpha value is -0.570. The van der Waals surface area contributed by atoms with Gasteiger partial charge in [-0.15, -0.1) is 0 Å². The third-order valence-corrected chi connectivity index (χ3v) is 2.40. The van der Waals surface area contributed by atoms with E-state index in [4.69, 9.17) is 5.73 Å². The van der Waals surface area contributed by atoms with Gasteiger partial charge < -0.3 is 11.1 Å². The van der Waals surface area contributed by atoms with Gasteiger partial charge in [-0.05, 0) is 33.6 Å². The molecule has 1 aliphatic carbocycles. The number of amides is 1. The van der Waals surface area contributed by atoms with E-state index in [1.165, 1.54) is 0 Å². The molecule has 0 heterocycles. The molecule has 1 fully saturated rings. The van der Waals surface area contributed by atoms with E-state index >= 15 is 0 Å². The molecule has 1 amide bonds. The van der Waals surface area contributed by atoms with E-state index in [2.05, 4.69) is 5.32 Å². The van der Waals surface area contributed by atoms with Gasteiger partial charge in [0.15, 0.2) is 0 Å². The van der Waals surface area contributed by atoms with Crippen molar-refractivity contribution in [3.63, 3.8) is 0 Å². The molecule has 0 radical (unpaired) electrons. The van der Waals surface area contributed by atoms with E-state index in [9.17, 15) is 4.79 Å². The van der Waals surface area contributed by atoms with Crippen LogP contribution in [0.1, 0.15) is 40.0 Å². The predicted molar refractivity (Wildman–Crippen MR) is 53.2 cm³/mol. The molecule has 1 aliphatic rings. The molecule has 3 heteroatoms. The average molecular weight is 184 g/mol. The smallest absolute Gasteiger partial charge is 0.225 e. The number of hydrogen-bond donors (Lipinski definition) is 2. The molecule has 0 spiro atoms. The van der Waals surface area contributed by atoms with E-state index in [0.717, 1.165) is 19.3 Å². The molecule has 0 aromatic heterocycles. The second-order valence-corrected chi connectivity index (χ2v) is 4.94. The minimum atomic E-state index is -0.139. The molecule has 76 valence electrons. The topological polar surface area (TPSA) is 55.1 Å². The number of carbonyl (C=O) groups excluding carboxylic acids is 1. The van der Waals surface area contributed by atoms with Crippen molar-refractivity contribution < 1.29 is 4.79 Å². The summed E-state index contributed by atoms with van der Waals surface area (Å²) in [6.45, 7) is 5.97. The highest BCUT2D eigenvalue weighted by atomic mass is 16.2. The summed E-state index contributed by atoms with van der Waals surface area (Å²) in [4.78, 5) is 11.7. The molecule has 0 unspecified atom stereocenters. The van der Waals surface area contributed by atoms with Crippen LogP contribution in [0.4, 0.5) is 0 Å². The van der Waals surface area contributed by atoms with Crippen LogP contribution in [-0.4, -0.2) is 17.5 Å². The number of hydrogen-bond acceptors (Lipinski definition) is 2. The molecular formula is C10H20N2O. The van der Waals surface area contributed by atoms with Crippen molar-refractivity contribution in [1.29, 1.82) is 0 Å². The Morgan fingerprint density at radius 3 is 2.38 bits per heavy atom. The second-order valence-electron chi connectivity index (χ2n) is 4.94. The van der Waals surface area contributed by atoms with Crippen molar-refractivity contribution >= 4 is 5.91 Å². The Kier molecular flexibility index (Phi) is 2.96. The highest BCUT2D eigenvalue weighted by molar-refractivity contribution is 5.80. The van der Waals surface area contributed by atoms with Gasteiger partial charge >= 0.3 is 0 Å². The first kappa shape index (κ1) is 10.5. The maximum Gasteiger partial charge on any atom is 0.225 e. The van der Waals surface area contributed by atoms with Gasteiger partial charge in [-0.25, -0.2) is 0 Å². The molecule has 1 saturated carbocycles. The molecule has 3 nitrogen and oxygen atoms in total. The summed E-state index contributed by atoms with van der Waals surface area (Å²) in [5.74, 6) is 0.164. The molecule has 1 rings (SSSR count). The zero-order chi connectivity index (χ0) is 10.1. The Labute approximate surface area is 80.1 Å². The van der Waals surface area contributed by atoms with Crippen LogP contribution in [0.25, 0.3) is 0 Å². The van der Waals surface area contributed by atoms with Crippen molar-refractivity contribution in [3.05, 3.63) is 0 Å². The quantitative estimate of drug-likeness (QED) is 0.639. The first-order valence-electron chi connectivity index (χ1n) is 4.98. The van der Waals surface area contributed by atoms with Crippen LogP contribution < -0.4 is 11.1 Å². The molecular weight excluding hydrogens is 164 g/mol. The average Bonchev–Trinajstić information content (AvgIpc) is 2.30. The second kappa shape index (κ2) is 3.66. The first-order chi connectivity index (χ1) is 5.90. The molecule has 0 aromatic carbocycles. The number of nitrogens with one attached hydrogen (secondary N) is 1. The largest absolute Gasteiger partial charge is 0.351 e. The highest BCUT2D eigenvalue weighted by Crippen LogP contribution is 2.24. The van der Waals surface area contributed by atoms with Crippen LogP contribution in [-0.2, 0) is 4.79 Å². The van der Waals surface area contributed by atoms with Crippen molar-refractivity contribution in [1.82, 2.24) is 5.32 Å². The van der Waals surface area contributed by atoms with Crippen molar-refractivity contribution in [2.24, 2.45) is 11.7 Å². The minimum Gasteiger partial charge on any atom is -0.351 e. The molecule has 0 saturated heterocycles. The van der Waals surface area contributed by atoms with Crippen molar-refractivity contribution in [2.45, 2.75) is 51.6 Å². The molecule has 0 bridgehead atoms. The van der Waals surface area contributed by atoms with Gasteiger partial charge in [-0.1, -0.05) is 6.42 Å². The summed E-state index contributed by atoms with van der Waals surface area (Å²) in [6, 6.07) is 0.0716. The SMILES string of the molecule is CC(C)(C)NC(=O)[C@H]1CCC[C@@H]1N. The standard InChI is InChI=1S/C10H20N2O/c1-10(2,3)12-9(13)7-5-4-6-8(7)11/h7-8H,4-6,11H2,1-3H3,(H,12,13)/t7-,8-/m0/s1. The molecule has 0 aromatic rings. The van der Waals surface area contributed by atoms with E-state index < -0.39 is 0 Å². The highest BCUT2D eigenvalue weighted by Gasteiger charge is 2.31. The number of carbonyl (C=O) groups is 1. The van der Waals surface area contributed by atoms with Crippen LogP contribution in [0.3, 0.4) is 0 Å². The molecule has 13 heavy (non-hydrogen) atoms. The van der Waals surface area contributed by atoms with E-state index in [-0.39, 0.29) is 23.4 Å². The van der Waals surface area contributed by atoms with Gasteiger partial charge in [0, 0.05) is 11.6 Å². The zero-order valence-electron chi connectivity index (χ0n) is 8.76. The fraction of sp³-hybridized carbons (Fsp3) is 0.900. The maximum atomic E-state index is 11.7. The number of nitrogens with two attached hydrogens (primary N) is 1. The number of rotatable bonds is 1. The fourth-order valence-corrected chi connectivity index (χ4v) is 1.78. The third-order valence-electron chi connectivity index (χ3n) is 2.40. The van der Waals surface area contributed by atoms with Crippen LogP contribution in [0.15, 0.2) is 0 Å². The van der Waals surface area contributed by atoms with Crippen LogP contribution >= 0.6 is 0 Å². The van der Waals surface area contributed by atoms with Gasteiger partial charge in [0.1, 0.15) is 0 Å². The van der Waals surface area contributed by atoms with Gasteiger partial charge in [-0.2, -0.15) is 0 Å². The van der Waals surface area contributed by atoms with Crippen LogP contribution in [0, 0.1) is 5.92 Å². The van der Waals surface area contributed by atoms with Gasteiger partial charge in [0.25, 0.3) is 0 Å².